The van der Waals surface area contributed by atoms with Gasteiger partial charge in [0.2, 0.25) is 10.9 Å². The van der Waals surface area contributed by atoms with Crippen LogP contribution in [0.15, 0.2) is 35.6 Å². The average Bonchev–Trinajstić information content (AvgIpc) is 3.37. The van der Waals surface area contributed by atoms with Gasteiger partial charge >= 0.3 is 0 Å². The number of nitro benzene ring substituents is 1. The summed E-state index contributed by atoms with van der Waals surface area (Å²) in [6.45, 7) is 5.15. The summed E-state index contributed by atoms with van der Waals surface area (Å²) in [5, 5.41) is 31.1. The number of Topliss-reactive ketones (excluding diaryl/α,β-unsaturated/α-hetero) is 1. The number of non-ortho nitro benzene ring substituents is 1. The van der Waals surface area contributed by atoms with Gasteiger partial charge in [-0.05, 0) is 38.5 Å². The van der Waals surface area contributed by atoms with Crippen molar-refractivity contribution >= 4 is 45.2 Å². The van der Waals surface area contributed by atoms with E-state index in [0.29, 0.717) is 26.1 Å². The second kappa shape index (κ2) is 7.63. The number of benzene rings is 1. The zero-order chi connectivity index (χ0) is 22.4. The van der Waals surface area contributed by atoms with Crippen molar-refractivity contribution in [2.75, 3.05) is 4.90 Å². The SMILES string of the molecule is Cc1nnc(N2C(=O)C(O)=C(C(=O)c3sc(C)nc3C)C2c2ccc([N+](=O)[O-])cc2)s1. The van der Waals surface area contributed by atoms with Crippen molar-refractivity contribution in [3.8, 4) is 0 Å². The third-order valence-corrected chi connectivity index (χ3v) is 6.61. The second-order valence-electron chi connectivity index (χ2n) is 6.77. The van der Waals surface area contributed by atoms with E-state index in [2.05, 4.69) is 15.2 Å². The van der Waals surface area contributed by atoms with E-state index in [-0.39, 0.29) is 16.4 Å². The van der Waals surface area contributed by atoms with Crippen LogP contribution in [-0.4, -0.2) is 36.9 Å². The Balaban J connectivity index is 1.88. The number of aryl methyl sites for hydroxylation is 3. The molecule has 1 amide bonds. The maximum atomic E-state index is 13.4. The Hall–Kier alpha value is -3.51. The topological polar surface area (TPSA) is 139 Å². The molecule has 0 aliphatic carbocycles. The molecule has 1 unspecified atom stereocenters. The number of nitro groups is 1. The zero-order valence-electron chi connectivity index (χ0n) is 16.5. The number of hydrogen-bond acceptors (Lipinski definition) is 10. The van der Waals surface area contributed by atoms with Crippen LogP contribution < -0.4 is 4.90 Å². The average molecular weight is 457 g/mol. The fourth-order valence-corrected chi connectivity index (χ4v) is 4.96. The number of carbonyl (C=O) groups is 2. The predicted molar refractivity (Wildman–Crippen MR) is 114 cm³/mol. The summed E-state index contributed by atoms with van der Waals surface area (Å²) in [4.78, 5) is 42.7. The van der Waals surface area contributed by atoms with Crippen molar-refractivity contribution < 1.29 is 19.6 Å². The third-order valence-electron chi connectivity index (χ3n) is 4.70. The van der Waals surface area contributed by atoms with Crippen LogP contribution in [0.2, 0.25) is 0 Å². The molecule has 0 spiro atoms. The van der Waals surface area contributed by atoms with E-state index >= 15 is 0 Å². The van der Waals surface area contributed by atoms with Crippen molar-refractivity contribution in [2.45, 2.75) is 26.8 Å². The fourth-order valence-electron chi connectivity index (χ4n) is 3.38. The van der Waals surface area contributed by atoms with E-state index in [4.69, 9.17) is 0 Å². The number of carbonyl (C=O) groups excluding carboxylic acids is 2. The highest BCUT2D eigenvalue weighted by atomic mass is 32.1. The van der Waals surface area contributed by atoms with Crippen LogP contribution in [0, 0.1) is 30.9 Å². The predicted octanol–water partition coefficient (Wildman–Crippen LogP) is 3.61. The molecule has 1 atom stereocenters. The van der Waals surface area contributed by atoms with E-state index in [1.54, 1.807) is 20.8 Å². The lowest BCUT2D eigenvalue weighted by Crippen LogP contribution is -2.31. The van der Waals surface area contributed by atoms with Crippen LogP contribution in [0.25, 0.3) is 0 Å². The van der Waals surface area contributed by atoms with Gasteiger partial charge in [0.1, 0.15) is 5.01 Å². The van der Waals surface area contributed by atoms with Crippen molar-refractivity contribution in [3.05, 3.63) is 71.9 Å². The van der Waals surface area contributed by atoms with Gasteiger partial charge in [0.15, 0.2) is 5.76 Å². The van der Waals surface area contributed by atoms with E-state index in [9.17, 15) is 24.8 Å². The Morgan fingerprint density at radius 2 is 1.81 bits per heavy atom. The van der Waals surface area contributed by atoms with Gasteiger partial charge in [-0.25, -0.2) is 4.98 Å². The minimum Gasteiger partial charge on any atom is -0.503 e. The smallest absolute Gasteiger partial charge is 0.296 e. The molecule has 158 valence electrons. The number of nitrogens with zero attached hydrogens (tertiary/aromatic N) is 5. The molecule has 4 rings (SSSR count). The summed E-state index contributed by atoms with van der Waals surface area (Å²) in [6, 6.07) is 4.45. The molecule has 3 aromatic rings. The van der Waals surface area contributed by atoms with Crippen LogP contribution >= 0.6 is 22.7 Å². The standard InChI is InChI=1S/C19H15N5O5S2/c1-8-17(30-9(2)20-8)15(25)13-14(11-4-6-12(7-5-11)24(28)29)23(18(27)16(13)26)19-22-21-10(3)31-19/h4-7,14,26H,1-3H3. The molecule has 0 saturated heterocycles. The van der Waals surface area contributed by atoms with Crippen LogP contribution in [0.4, 0.5) is 10.8 Å². The summed E-state index contributed by atoms with van der Waals surface area (Å²) < 4.78 is 0. The summed E-state index contributed by atoms with van der Waals surface area (Å²) in [7, 11) is 0. The van der Waals surface area contributed by atoms with Crippen molar-refractivity contribution in [2.24, 2.45) is 0 Å². The first-order valence-electron chi connectivity index (χ1n) is 8.99. The maximum Gasteiger partial charge on any atom is 0.296 e. The van der Waals surface area contributed by atoms with Crippen LogP contribution in [0.1, 0.15) is 37.0 Å². The minimum atomic E-state index is -1.02. The van der Waals surface area contributed by atoms with E-state index in [0.717, 1.165) is 11.3 Å². The highest BCUT2D eigenvalue weighted by Gasteiger charge is 2.46. The molecule has 0 radical (unpaired) electrons. The Labute approximate surface area is 183 Å². The molecule has 1 N–H and O–H groups in total. The highest BCUT2D eigenvalue weighted by Crippen LogP contribution is 2.43. The first-order valence-corrected chi connectivity index (χ1v) is 10.6. The molecule has 0 saturated carbocycles. The largest absolute Gasteiger partial charge is 0.503 e. The normalized spacial score (nSPS) is 16.3. The van der Waals surface area contributed by atoms with E-state index in [1.165, 1.54) is 40.5 Å². The maximum absolute atomic E-state index is 13.4. The van der Waals surface area contributed by atoms with Crippen LogP contribution in [0.3, 0.4) is 0 Å². The van der Waals surface area contributed by atoms with Gasteiger partial charge in [-0.15, -0.1) is 21.5 Å². The van der Waals surface area contributed by atoms with Gasteiger partial charge in [-0.1, -0.05) is 11.3 Å². The van der Waals surface area contributed by atoms with Gasteiger partial charge in [0.25, 0.3) is 11.6 Å². The number of ketones is 1. The first kappa shape index (κ1) is 20.8. The quantitative estimate of drug-likeness (QED) is 0.348. The molecule has 12 heteroatoms. The Morgan fingerprint density at radius 1 is 1.13 bits per heavy atom. The van der Waals surface area contributed by atoms with Gasteiger partial charge in [-0.3, -0.25) is 24.6 Å². The molecule has 1 aromatic carbocycles. The first-order chi connectivity index (χ1) is 14.7. The van der Waals surface area contributed by atoms with Gasteiger partial charge in [0.05, 0.1) is 32.1 Å². The fraction of sp³-hybridized carbons (Fsp3) is 0.211. The van der Waals surface area contributed by atoms with Gasteiger partial charge in [0, 0.05) is 12.1 Å². The molecule has 1 aliphatic heterocycles. The van der Waals surface area contributed by atoms with Crippen LogP contribution in [0.5, 0.6) is 0 Å². The molecule has 3 heterocycles. The third kappa shape index (κ3) is 3.49. The minimum absolute atomic E-state index is 0.126. The number of aliphatic hydroxyl groups excluding tert-OH is 1. The Bertz CT molecular complexity index is 1260. The summed E-state index contributed by atoms with van der Waals surface area (Å²) in [5.41, 5.74) is 0.644. The monoisotopic (exact) mass is 457 g/mol. The number of thiazole rings is 1. The number of aliphatic hydroxyl groups is 1. The molecule has 0 bridgehead atoms. The number of rotatable bonds is 5. The van der Waals surface area contributed by atoms with E-state index in [1.807, 2.05) is 0 Å². The van der Waals surface area contributed by atoms with Crippen molar-refractivity contribution in [1.29, 1.82) is 0 Å². The number of anilines is 1. The lowest BCUT2D eigenvalue weighted by molar-refractivity contribution is -0.384. The van der Waals surface area contributed by atoms with Crippen molar-refractivity contribution in [3.63, 3.8) is 0 Å². The summed E-state index contributed by atoms with van der Waals surface area (Å²) in [6.07, 6.45) is 0. The molecule has 2 aromatic heterocycles. The zero-order valence-corrected chi connectivity index (χ0v) is 18.2. The van der Waals surface area contributed by atoms with E-state index < -0.39 is 28.4 Å². The molecule has 0 fully saturated rings. The molecule has 1 aliphatic rings. The summed E-state index contributed by atoms with van der Waals surface area (Å²) >= 11 is 2.30. The van der Waals surface area contributed by atoms with Crippen LogP contribution in [-0.2, 0) is 4.79 Å². The molecule has 10 nitrogen and oxygen atoms in total. The molecular formula is C19H15N5O5S2. The number of hydrogen-bond donors (Lipinski definition) is 1. The molecule has 31 heavy (non-hydrogen) atoms. The molecular weight excluding hydrogens is 442 g/mol. The Kier molecular flexibility index (Phi) is 5.11. The van der Waals surface area contributed by atoms with Gasteiger partial charge < -0.3 is 5.11 Å². The Morgan fingerprint density at radius 3 is 2.32 bits per heavy atom. The summed E-state index contributed by atoms with van der Waals surface area (Å²) in [5.74, 6) is -2.01. The van der Waals surface area contributed by atoms with Gasteiger partial charge in [-0.2, -0.15) is 0 Å². The lowest BCUT2D eigenvalue weighted by atomic mass is 9.95. The number of aromatic nitrogens is 3. The lowest BCUT2D eigenvalue weighted by Gasteiger charge is -2.23. The number of amides is 1. The highest BCUT2D eigenvalue weighted by molar-refractivity contribution is 7.15. The second-order valence-corrected chi connectivity index (χ2v) is 9.13. The van der Waals surface area contributed by atoms with Crippen molar-refractivity contribution in [1.82, 2.24) is 15.2 Å².